The van der Waals surface area contributed by atoms with Crippen molar-refractivity contribution in [3.05, 3.63) is 69.7 Å². The maximum absolute atomic E-state index is 14.3. The zero-order valence-corrected chi connectivity index (χ0v) is 16.5. The van der Waals surface area contributed by atoms with Gasteiger partial charge in [0.05, 0.1) is 30.0 Å². The Morgan fingerprint density at radius 1 is 1.30 bits per heavy atom. The average molecular weight is 428 g/mol. The van der Waals surface area contributed by atoms with Gasteiger partial charge in [0.2, 0.25) is 0 Å². The normalized spacial score (nSPS) is 14.1. The van der Waals surface area contributed by atoms with Crippen molar-refractivity contribution >= 4 is 23.3 Å². The van der Waals surface area contributed by atoms with Crippen LogP contribution in [-0.4, -0.2) is 28.0 Å². The first kappa shape index (κ1) is 19.8. The Morgan fingerprint density at radius 3 is 2.80 bits per heavy atom. The van der Waals surface area contributed by atoms with Crippen LogP contribution in [-0.2, 0) is 5.54 Å². The van der Waals surface area contributed by atoms with Crippen LogP contribution in [0.5, 0.6) is 5.75 Å². The van der Waals surface area contributed by atoms with Crippen LogP contribution in [0.1, 0.15) is 28.8 Å². The first-order valence-electron chi connectivity index (χ1n) is 8.94. The third kappa shape index (κ3) is 3.59. The Bertz CT molecular complexity index is 1150. The molecule has 0 radical (unpaired) electrons. The summed E-state index contributed by atoms with van der Waals surface area (Å²) in [5.41, 5.74) is 0.178. The van der Waals surface area contributed by atoms with Crippen LogP contribution in [0.3, 0.4) is 0 Å². The lowest BCUT2D eigenvalue weighted by Gasteiger charge is -2.22. The summed E-state index contributed by atoms with van der Waals surface area (Å²) in [5, 5.41) is 6.13. The summed E-state index contributed by atoms with van der Waals surface area (Å²) in [6, 6.07) is 5.77. The van der Waals surface area contributed by atoms with Gasteiger partial charge in [-0.3, -0.25) is 9.78 Å². The molecule has 0 saturated heterocycles. The van der Waals surface area contributed by atoms with Crippen LogP contribution in [0.25, 0.3) is 11.4 Å². The molecule has 8 nitrogen and oxygen atoms in total. The van der Waals surface area contributed by atoms with Gasteiger partial charge in [-0.05, 0) is 42.7 Å². The topological polar surface area (TPSA) is 106 Å². The summed E-state index contributed by atoms with van der Waals surface area (Å²) in [6.07, 6.45) is 5.61. The lowest BCUT2D eigenvalue weighted by Crippen LogP contribution is -2.23. The fourth-order valence-corrected chi connectivity index (χ4v) is 3.43. The third-order valence-electron chi connectivity index (χ3n) is 4.90. The van der Waals surface area contributed by atoms with Crippen LogP contribution < -0.4 is 10.1 Å². The van der Waals surface area contributed by atoms with Gasteiger partial charge in [-0.2, -0.15) is 0 Å². The van der Waals surface area contributed by atoms with E-state index in [0.29, 0.717) is 35.0 Å². The highest BCUT2D eigenvalue weighted by Gasteiger charge is 2.47. The highest BCUT2D eigenvalue weighted by atomic mass is 35.5. The Labute approximate surface area is 175 Å². The zero-order valence-electron chi connectivity index (χ0n) is 15.7. The number of hydrogen-bond acceptors (Lipinski definition) is 7. The predicted octanol–water partition coefficient (Wildman–Crippen LogP) is 4.35. The summed E-state index contributed by atoms with van der Waals surface area (Å²) in [7, 11) is 1.46. The molecule has 0 spiro atoms. The van der Waals surface area contributed by atoms with Gasteiger partial charge in [0.25, 0.3) is 0 Å². The molecule has 1 aromatic carbocycles. The molecule has 1 N–H and O–H groups in total. The molecule has 0 aliphatic heterocycles. The van der Waals surface area contributed by atoms with Gasteiger partial charge in [0.1, 0.15) is 5.82 Å². The number of methoxy groups -OCH3 is 1. The van der Waals surface area contributed by atoms with E-state index in [-0.39, 0.29) is 17.0 Å². The van der Waals surface area contributed by atoms with Gasteiger partial charge in [-0.1, -0.05) is 11.6 Å². The standard InChI is InChI=1S/C20H15ClFN5O3/c1-30-16-10-24-17(12-8-11(21)2-3-15(12)22)25-18(16)26-20(5-6-20)14-4-7-23-9-13(14)19(28)27-29/h2-4,7-10H,5-6H2,1H3,(H,24,25,26). The summed E-state index contributed by atoms with van der Waals surface area (Å²) >= 11 is 5.99. The summed E-state index contributed by atoms with van der Waals surface area (Å²) in [4.78, 5) is 35.2. The van der Waals surface area contributed by atoms with Crippen LogP contribution in [0.2, 0.25) is 5.02 Å². The van der Waals surface area contributed by atoms with Crippen LogP contribution in [0.4, 0.5) is 10.2 Å². The number of hydrogen-bond donors (Lipinski definition) is 1. The first-order valence-corrected chi connectivity index (χ1v) is 9.32. The zero-order chi connectivity index (χ0) is 21.3. The molecule has 2 heterocycles. The largest absolute Gasteiger partial charge is 0.491 e. The summed E-state index contributed by atoms with van der Waals surface area (Å²) < 4.78 is 19.6. The molecule has 0 atom stereocenters. The molecule has 3 aromatic rings. The quantitative estimate of drug-likeness (QED) is 0.583. The minimum Gasteiger partial charge on any atom is -0.491 e. The smallest absolute Gasteiger partial charge is 0.318 e. The molecular formula is C20H15ClFN5O3. The van der Waals surface area contributed by atoms with Crippen LogP contribution in [0.15, 0.2) is 48.0 Å². The fourth-order valence-electron chi connectivity index (χ4n) is 3.25. The predicted molar refractivity (Wildman–Crippen MR) is 108 cm³/mol. The number of halogens is 2. The molecule has 0 unspecified atom stereocenters. The highest BCUT2D eigenvalue weighted by Crippen LogP contribution is 2.50. The molecule has 0 bridgehead atoms. The van der Waals surface area contributed by atoms with Gasteiger partial charge < -0.3 is 10.1 Å². The van der Waals surface area contributed by atoms with Gasteiger partial charge in [0.15, 0.2) is 17.4 Å². The minimum absolute atomic E-state index is 0.117. The van der Waals surface area contributed by atoms with Gasteiger partial charge in [-0.25, -0.2) is 14.4 Å². The van der Waals surface area contributed by atoms with E-state index in [0.717, 1.165) is 0 Å². The summed E-state index contributed by atoms with van der Waals surface area (Å²) in [6.45, 7) is 0. The molecule has 1 aliphatic carbocycles. The number of nitrogens with zero attached hydrogens (tertiary/aromatic N) is 4. The second-order valence-corrected chi connectivity index (χ2v) is 7.20. The number of pyridine rings is 1. The average Bonchev–Trinajstić information content (AvgIpc) is 3.55. The first-order chi connectivity index (χ1) is 14.5. The number of carbonyl (C=O) groups excluding carboxylic acids is 1. The SMILES string of the molecule is COc1cnc(-c2cc(Cl)ccc2F)nc1NC1(c2ccncc2C(=O)N=O)CC1. The second-order valence-electron chi connectivity index (χ2n) is 6.76. The Morgan fingerprint density at radius 2 is 2.10 bits per heavy atom. The van der Waals surface area contributed by atoms with Crippen molar-refractivity contribution in [2.45, 2.75) is 18.4 Å². The molecule has 30 heavy (non-hydrogen) atoms. The minimum atomic E-state index is -0.900. The number of anilines is 1. The number of nitroso groups, excluding NO2 is 1. The third-order valence-corrected chi connectivity index (χ3v) is 5.14. The molecule has 1 saturated carbocycles. The monoisotopic (exact) mass is 427 g/mol. The van der Waals surface area contributed by atoms with Crippen molar-refractivity contribution in [2.75, 3.05) is 12.4 Å². The Balaban J connectivity index is 1.76. The van der Waals surface area contributed by atoms with E-state index in [4.69, 9.17) is 16.3 Å². The van der Waals surface area contributed by atoms with Crippen molar-refractivity contribution in [3.8, 4) is 17.1 Å². The number of amides is 1. The lowest BCUT2D eigenvalue weighted by atomic mass is 10.00. The van der Waals surface area contributed by atoms with E-state index in [2.05, 4.69) is 25.4 Å². The number of benzene rings is 1. The van der Waals surface area contributed by atoms with E-state index in [1.54, 1.807) is 6.07 Å². The van der Waals surface area contributed by atoms with Gasteiger partial charge >= 0.3 is 5.91 Å². The maximum Gasteiger partial charge on any atom is 0.318 e. The molecule has 152 valence electrons. The van der Waals surface area contributed by atoms with E-state index in [9.17, 15) is 14.1 Å². The molecule has 10 heteroatoms. The van der Waals surface area contributed by atoms with Crippen molar-refractivity contribution in [2.24, 2.45) is 5.18 Å². The van der Waals surface area contributed by atoms with Crippen molar-refractivity contribution < 1.29 is 13.9 Å². The second kappa shape index (κ2) is 7.75. The summed E-state index contributed by atoms with van der Waals surface area (Å²) in [5.74, 6) is -0.649. The van der Waals surface area contributed by atoms with Crippen molar-refractivity contribution in [3.63, 3.8) is 0 Å². The molecule has 2 aromatic heterocycles. The molecule has 1 fully saturated rings. The number of ether oxygens (including phenoxy) is 1. The fraction of sp³-hybridized carbons (Fsp3) is 0.200. The van der Waals surface area contributed by atoms with Crippen LogP contribution >= 0.6 is 11.6 Å². The number of nitrogens with one attached hydrogen (secondary N) is 1. The highest BCUT2D eigenvalue weighted by molar-refractivity contribution is 6.30. The lowest BCUT2D eigenvalue weighted by molar-refractivity contribution is 0.0999. The van der Waals surface area contributed by atoms with Gasteiger partial charge in [0, 0.05) is 22.6 Å². The number of carbonyl (C=O) groups is 1. The van der Waals surface area contributed by atoms with E-state index < -0.39 is 17.3 Å². The number of aromatic nitrogens is 3. The molecule has 1 aliphatic rings. The molecule has 1 amide bonds. The maximum atomic E-state index is 14.3. The van der Waals surface area contributed by atoms with E-state index in [1.807, 2.05) is 0 Å². The van der Waals surface area contributed by atoms with Crippen LogP contribution in [0, 0.1) is 10.7 Å². The molecular weight excluding hydrogens is 413 g/mol. The Kier molecular flexibility index (Phi) is 5.13. The van der Waals surface area contributed by atoms with Crippen molar-refractivity contribution in [1.29, 1.82) is 0 Å². The van der Waals surface area contributed by atoms with Crippen molar-refractivity contribution in [1.82, 2.24) is 15.0 Å². The Hall–Kier alpha value is -3.46. The number of rotatable bonds is 6. The van der Waals surface area contributed by atoms with E-state index >= 15 is 0 Å². The van der Waals surface area contributed by atoms with E-state index in [1.165, 1.54) is 43.9 Å². The van der Waals surface area contributed by atoms with Gasteiger partial charge in [-0.15, -0.1) is 4.91 Å². The molecule has 4 rings (SSSR count).